The highest BCUT2D eigenvalue weighted by molar-refractivity contribution is 7.08. The lowest BCUT2D eigenvalue weighted by molar-refractivity contribution is 0.990. The largest absolute Gasteiger partial charge is 0.308 e. The van der Waals surface area contributed by atoms with Gasteiger partial charge < -0.3 is 5.43 Å². The molecule has 0 bridgehead atoms. The summed E-state index contributed by atoms with van der Waals surface area (Å²) in [4.78, 5) is 9.07. The number of thiophene rings is 1. The summed E-state index contributed by atoms with van der Waals surface area (Å²) in [6.45, 7) is 2.08. The maximum Gasteiger partial charge on any atom is 0.162 e. The van der Waals surface area contributed by atoms with Crippen LogP contribution in [0.5, 0.6) is 0 Å². The Balaban J connectivity index is 2.09. The molecule has 4 nitrogen and oxygen atoms in total. The van der Waals surface area contributed by atoms with E-state index in [0.29, 0.717) is 11.7 Å². The predicted octanol–water partition coefficient (Wildman–Crippen LogP) is 2.68. The molecule has 3 N–H and O–H groups in total. The van der Waals surface area contributed by atoms with Crippen molar-refractivity contribution in [2.75, 3.05) is 5.43 Å². The van der Waals surface area contributed by atoms with Crippen LogP contribution >= 0.6 is 11.3 Å². The van der Waals surface area contributed by atoms with Gasteiger partial charge in [-0.1, -0.05) is 0 Å². The fourth-order valence-electron chi connectivity index (χ4n) is 1.84. The van der Waals surface area contributed by atoms with Gasteiger partial charge in [-0.3, -0.25) is 0 Å². The van der Waals surface area contributed by atoms with Gasteiger partial charge >= 0.3 is 0 Å². The number of anilines is 1. The number of nitrogens with one attached hydrogen (secondary N) is 1. The minimum atomic E-state index is 0.600. The molecule has 2 heterocycles. The third kappa shape index (κ3) is 2.03. The molecule has 88 valence electrons. The molecule has 0 aliphatic heterocycles. The van der Waals surface area contributed by atoms with E-state index in [9.17, 15) is 0 Å². The molecule has 0 amide bonds. The molecule has 0 atom stereocenters. The van der Waals surface area contributed by atoms with Gasteiger partial charge in [0.15, 0.2) is 5.82 Å². The summed E-state index contributed by atoms with van der Waals surface area (Å²) in [5.74, 6) is 7.54. The van der Waals surface area contributed by atoms with E-state index in [1.807, 2.05) is 6.07 Å². The van der Waals surface area contributed by atoms with E-state index >= 15 is 0 Å². The zero-order chi connectivity index (χ0) is 11.8. The van der Waals surface area contributed by atoms with Crippen molar-refractivity contribution < 1.29 is 0 Å². The van der Waals surface area contributed by atoms with E-state index in [4.69, 9.17) is 5.84 Å². The van der Waals surface area contributed by atoms with Gasteiger partial charge in [0, 0.05) is 28.6 Å². The summed E-state index contributed by atoms with van der Waals surface area (Å²) in [6.07, 6.45) is 2.45. The van der Waals surface area contributed by atoms with Crippen molar-refractivity contribution in [2.45, 2.75) is 25.7 Å². The van der Waals surface area contributed by atoms with E-state index in [-0.39, 0.29) is 0 Å². The lowest BCUT2D eigenvalue weighted by Crippen LogP contribution is -2.10. The Kier molecular flexibility index (Phi) is 2.57. The van der Waals surface area contributed by atoms with E-state index in [2.05, 4.69) is 33.1 Å². The minimum Gasteiger partial charge on any atom is -0.308 e. The fourth-order valence-corrected chi connectivity index (χ4v) is 2.66. The number of hydrogen-bond acceptors (Lipinski definition) is 5. The van der Waals surface area contributed by atoms with Crippen LogP contribution in [0.15, 0.2) is 16.8 Å². The second kappa shape index (κ2) is 4.09. The van der Waals surface area contributed by atoms with E-state index in [1.54, 1.807) is 11.3 Å². The topological polar surface area (TPSA) is 63.8 Å². The maximum absolute atomic E-state index is 5.46. The Morgan fingerprint density at radius 2 is 2.18 bits per heavy atom. The average molecular weight is 246 g/mol. The first-order chi connectivity index (χ1) is 8.28. The molecule has 0 radical (unpaired) electrons. The Hall–Kier alpha value is -1.46. The monoisotopic (exact) mass is 246 g/mol. The molecule has 1 aliphatic carbocycles. The molecule has 2 aromatic heterocycles. The molecule has 1 saturated carbocycles. The molecule has 0 spiro atoms. The zero-order valence-electron chi connectivity index (χ0n) is 9.60. The van der Waals surface area contributed by atoms with Crippen LogP contribution in [-0.4, -0.2) is 9.97 Å². The first-order valence-corrected chi connectivity index (χ1v) is 6.61. The van der Waals surface area contributed by atoms with Gasteiger partial charge in [0.2, 0.25) is 0 Å². The van der Waals surface area contributed by atoms with Crippen LogP contribution in [0.3, 0.4) is 0 Å². The van der Waals surface area contributed by atoms with Crippen LogP contribution in [0.1, 0.15) is 30.0 Å². The van der Waals surface area contributed by atoms with E-state index in [0.717, 1.165) is 17.1 Å². The molecule has 1 aliphatic rings. The van der Waals surface area contributed by atoms with Gasteiger partial charge in [0.05, 0.1) is 0 Å². The summed E-state index contributed by atoms with van der Waals surface area (Å²) >= 11 is 1.67. The number of hydrogen-bond donors (Lipinski definition) is 2. The number of nitrogens with two attached hydrogens (primary N) is 1. The van der Waals surface area contributed by atoms with Gasteiger partial charge in [-0.05, 0) is 30.7 Å². The highest BCUT2D eigenvalue weighted by Crippen LogP contribution is 2.40. The molecule has 3 rings (SSSR count). The number of aromatic nitrogens is 2. The molecule has 17 heavy (non-hydrogen) atoms. The van der Waals surface area contributed by atoms with Crippen molar-refractivity contribution in [3.05, 3.63) is 28.1 Å². The highest BCUT2D eigenvalue weighted by atomic mass is 32.1. The van der Waals surface area contributed by atoms with Crippen LogP contribution in [0, 0.1) is 6.92 Å². The zero-order valence-corrected chi connectivity index (χ0v) is 10.4. The molecular formula is C12H14N4S. The van der Waals surface area contributed by atoms with Gasteiger partial charge in [0.1, 0.15) is 5.82 Å². The number of aryl methyl sites for hydroxylation is 1. The normalized spacial score (nSPS) is 14.9. The summed E-state index contributed by atoms with van der Waals surface area (Å²) in [5, 5.41) is 4.19. The molecule has 1 fully saturated rings. The van der Waals surface area contributed by atoms with Crippen molar-refractivity contribution >= 4 is 17.2 Å². The van der Waals surface area contributed by atoms with Gasteiger partial charge in [-0.15, -0.1) is 0 Å². The van der Waals surface area contributed by atoms with Crippen LogP contribution in [0.4, 0.5) is 5.82 Å². The first-order valence-electron chi connectivity index (χ1n) is 5.66. The van der Waals surface area contributed by atoms with Crippen molar-refractivity contribution in [2.24, 2.45) is 5.84 Å². The average Bonchev–Trinajstić information content (AvgIpc) is 3.11. The predicted molar refractivity (Wildman–Crippen MR) is 69.9 cm³/mol. The van der Waals surface area contributed by atoms with Crippen molar-refractivity contribution in [1.29, 1.82) is 0 Å². The second-order valence-corrected chi connectivity index (χ2v) is 5.13. The number of hydrazine groups is 1. The maximum atomic E-state index is 5.46. The SMILES string of the molecule is Cc1cscc1-c1nc(NN)cc(C2CC2)n1. The molecule has 0 saturated heterocycles. The molecular weight excluding hydrogens is 232 g/mol. The lowest BCUT2D eigenvalue weighted by Gasteiger charge is -2.06. The van der Waals surface area contributed by atoms with E-state index < -0.39 is 0 Å². The van der Waals surface area contributed by atoms with Crippen LogP contribution in [0.2, 0.25) is 0 Å². The molecule has 0 aromatic carbocycles. The number of nitrogens with zero attached hydrogens (tertiary/aromatic N) is 2. The Bertz CT molecular complexity index is 545. The number of nitrogen functional groups attached to an aromatic ring is 1. The quantitative estimate of drug-likeness (QED) is 0.645. The van der Waals surface area contributed by atoms with Crippen LogP contribution in [-0.2, 0) is 0 Å². The molecule has 2 aromatic rings. The van der Waals surface area contributed by atoms with Gasteiger partial charge in [-0.25, -0.2) is 15.8 Å². The number of rotatable bonds is 3. The summed E-state index contributed by atoms with van der Waals surface area (Å²) in [7, 11) is 0. The Morgan fingerprint density at radius 1 is 1.35 bits per heavy atom. The third-order valence-corrected chi connectivity index (χ3v) is 3.85. The van der Waals surface area contributed by atoms with Crippen molar-refractivity contribution in [3.63, 3.8) is 0 Å². The van der Waals surface area contributed by atoms with Crippen molar-refractivity contribution in [1.82, 2.24) is 9.97 Å². The van der Waals surface area contributed by atoms with Gasteiger partial charge in [-0.2, -0.15) is 11.3 Å². The third-order valence-electron chi connectivity index (χ3n) is 2.99. The standard InChI is InChI=1S/C12H14N4S/c1-7-5-17-6-9(7)12-14-10(8-2-3-8)4-11(15-12)16-13/h4-6,8H,2-3,13H2,1H3,(H,14,15,16). The summed E-state index contributed by atoms with van der Waals surface area (Å²) in [5.41, 5.74) is 6.05. The first kappa shape index (κ1) is 10.7. The molecule has 5 heteroatoms. The minimum absolute atomic E-state index is 0.600. The lowest BCUT2D eigenvalue weighted by atomic mass is 10.2. The van der Waals surface area contributed by atoms with Crippen molar-refractivity contribution in [3.8, 4) is 11.4 Å². The smallest absolute Gasteiger partial charge is 0.162 e. The van der Waals surface area contributed by atoms with Crippen LogP contribution in [0.25, 0.3) is 11.4 Å². The second-order valence-electron chi connectivity index (χ2n) is 4.39. The Labute approximate surface area is 104 Å². The molecule has 0 unspecified atom stereocenters. The summed E-state index contributed by atoms with van der Waals surface area (Å²) in [6, 6.07) is 1.95. The Morgan fingerprint density at radius 3 is 2.76 bits per heavy atom. The van der Waals surface area contributed by atoms with Crippen LogP contribution < -0.4 is 11.3 Å². The highest BCUT2D eigenvalue weighted by Gasteiger charge is 2.26. The fraction of sp³-hybridized carbons (Fsp3) is 0.333. The van der Waals surface area contributed by atoms with Gasteiger partial charge in [0.25, 0.3) is 0 Å². The summed E-state index contributed by atoms with van der Waals surface area (Å²) < 4.78 is 0. The van der Waals surface area contributed by atoms with E-state index in [1.165, 1.54) is 18.4 Å².